The molecule has 0 fully saturated rings. The molecule has 2 unspecified atom stereocenters. The number of hydrogen-bond acceptors (Lipinski definition) is 5. The maximum absolute atomic E-state index is 11.3. The van der Waals surface area contributed by atoms with Gasteiger partial charge in [-0.1, -0.05) is 6.92 Å². The Kier molecular flexibility index (Phi) is 6.96. The van der Waals surface area contributed by atoms with E-state index >= 15 is 0 Å². The highest BCUT2D eigenvalue weighted by molar-refractivity contribution is 7.90. The fraction of sp³-hybridized carbons (Fsp3) is 0.917. The molecule has 0 aromatic heterocycles. The summed E-state index contributed by atoms with van der Waals surface area (Å²) in [6.45, 7) is 6.39. The van der Waals surface area contributed by atoms with Crippen LogP contribution in [-0.4, -0.2) is 68.1 Å². The number of carbonyl (C=O) groups is 1. The second kappa shape index (κ2) is 7.21. The Bertz CT molecular complexity index is 397. The fourth-order valence-electron chi connectivity index (χ4n) is 1.90. The van der Waals surface area contributed by atoms with Gasteiger partial charge >= 0.3 is 5.97 Å². The molecular weight excluding hydrogens is 268 g/mol. The SMILES string of the molecule is CCNC(C)(CC(C)N(C)CCS(C)(=O)=O)C(=O)O. The molecule has 0 rings (SSSR count). The number of carboxylic acids is 1. The van der Waals surface area contributed by atoms with Gasteiger partial charge in [0.1, 0.15) is 15.4 Å². The highest BCUT2D eigenvalue weighted by Gasteiger charge is 2.34. The van der Waals surface area contributed by atoms with E-state index in [2.05, 4.69) is 5.32 Å². The first-order valence-electron chi connectivity index (χ1n) is 6.38. The first-order chi connectivity index (χ1) is 8.52. The van der Waals surface area contributed by atoms with Crippen molar-refractivity contribution in [2.75, 3.05) is 32.1 Å². The Labute approximate surface area is 116 Å². The molecular formula is C12H26N2O4S. The van der Waals surface area contributed by atoms with Crippen LogP contribution in [-0.2, 0) is 14.6 Å². The van der Waals surface area contributed by atoms with Gasteiger partial charge in [0.15, 0.2) is 0 Å². The quantitative estimate of drug-likeness (QED) is 0.631. The maximum atomic E-state index is 11.3. The summed E-state index contributed by atoms with van der Waals surface area (Å²) in [5, 5.41) is 12.2. The third-order valence-electron chi connectivity index (χ3n) is 3.31. The average Bonchev–Trinajstić information content (AvgIpc) is 2.24. The van der Waals surface area contributed by atoms with E-state index in [4.69, 9.17) is 0 Å². The van der Waals surface area contributed by atoms with Crippen LogP contribution in [0.25, 0.3) is 0 Å². The fourth-order valence-corrected chi connectivity index (χ4v) is 2.52. The molecule has 7 heteroatoms. The Morgan fingerprint density at radius 2 is 2.00 bits per heavy atom. The molecule has 2 atom stereocenters. The van der Waals surface area contributed by atoms with Crippen LogP contribution in [0.4, 0.5) is 0 Å². The zero-order chi connectivity index (χ0) is 15.3. The standard InChI is InChI=1S/C12H26N2O4S/c1-6-13-12(3,11(15)16)9-10(2)14(4)7-8-19(5,17)18/h10,13H,6-9H2,1-5H3,(H,15,16). The Morgan fingerprint density at radius 3 is 2.37 bits per heavy atom. The van der Waals surface area contributed by atoms with Crippen molar-refractivity contribution in [1.82, 2.24) is 10.2 Å². The van der Waals surface area contributed by atoms with Crippen molar-refractivity contribution in [1.29, 1.82) is 0 Å². The third kappa shape index (κ3) is 6.89. The minimum absolute atomic E-state index is 0.0260. The lowest BCUT2D eigenvalue weighted by Gasteiger charge is -2.33. The van der Waals surface area contributed by atoms with Gasteiger partial charge in [-0.2, -0.15) is 0 Å². The lowest BCUT2D eigenvalue weighted by Crippen LogP contribution is -2.53. The van der Waals surface area contributed by atoms with Gasteiger partial charge in [0.25, 0.3) is 0 Å². The lowest BCUT2D eigenvalue weighted by atomic mass is 9.93. The molecule has 0 bridgehead atoms. The van der Waals surface area contributed by atoms with E-state index in [0.29, 0.717) is 19.5 Å². The highest BCUT2D eigenvalue weighted by atomic mass is 32.2. The molecule has 0 heterocycles. The van der Waals surface area contributed by atoms with Crippen LogP contribution >= 0.6 is 0 Å². The van der Waals surface area contributed by atoms with E-state index in [1.54, 1.807) is 6.92 Å². The largest absolute Gasteiger partial charge is 0.480 e. The average molecular weight is 294 g/mol. The summed E-state index contributed by atoms with van der Waals surface area (Å²) in [4.78, 5) is 13.2. The molecule has 0 aromatic rings. The van der Waals surface area contributed by atoms with E-state index in [9.17, 15) is 18.3 Å². The number of aliphatic carboxylic acids is 1. The van der Waals surface area contributed by atoms with Gasteiger partial charge in [0.05, 0.1) is 5.75 Å². The summed E-state index contributed by atoms with van der Waals surface area (Å²) in [5.41, 5.74) is -0.993. The number of sulfone groups is 1. The van der Waals surface area contributed by atoms with Gasteiger partial charge in [-0.3, -0.25) is 4.79 Å². The number of likely N-dealkylation sites (N-methyl/N-ethyl adjacent to an activating group) is 1. The van der Waals surface area contributed by atoms with Crippen molar-refractivity contribution in [3.8, 4) is 0 Å². The summed E-state index contributed by atoms with van der Waals surface area (Å²) >= 11 is 0. The number of hydrogen-bond donors (Lipinski definition) is 2. The molecule has 0 spiro atoms. The Balaban J connectivity index is 4.56. The molecule has 0 aromatic carbocycles. The van der Waals surface area contributed by atoms with Crippen LogP contribution < -0.4 is 5.32 Å². The second-order valence-corrected chi connectivity index (χ2v) is 7.59. The predicted molar refractivity (Wildman–Crippen MR) is 76.1 cm³/mol. The summed E-state index contributed by atoms with van der Waals surface area (Å²) in [5.74, 6) is -0.809. The van der Waals surface area contributed by atoms with E-state index in [0.717, 1.165) is 0 Å². The molecule has 0 aliphatic carbocycles. The van der Waals surface area contributed by atoms with Crippen molar-refractivity contribution < 1.29 is 18.3 Å². The minimum atomic E-state index is -3.00. The molecule has 2 N–H and O–H groups in total. The van der Waals surface area contributed by atoms with Crippen LogP contribution in [0.2, 0.25) is 0 Å². The maximum Gasteiger partial charge on any atom is 0.323 e. The first-order valence-corrected chi connectivity index (χ1v) is 8.44. The zero-order valence-electron chi connectivity index (χ0n) is 12.4. The van der Waals surface area contributed by atoms with Gasteiger partial charge in [-0.05, 0) is 33.9 Å². The summed E-state index contributed by atoms with van der Waals surface area (Å²) in [7, 11) is -1.19. The molecule has 19 heavy (non-hydrogen) atoms. The normalized spacial score (nSPS) is 17.2. The van der Waals surface area contributed by atoms with E-state index in [1.807, 2.05) is 25.8 Å². The van der Waals surface area contributed by atoms with Crippen molar-refractivity contribution in [3.63, 3.8) is 0 Å². The smallest absolute Gasteiger partial charge is 0.323 e. The number of nitrogens with zero attached hydrogens (tertiary/aromatic N) is 1. The minimum Gasteiger partial charge on any atom is -0.480 e. The van der Waals surface area contributed by atoms with E-state index < -0.39 is 21.3 Å². The molecule has 0 aliphatic heterocycles. The van der Waals surface area contributed by atoms with Crippen molar-refractivity contribution >= 4 is 15.8 Å². The van der Waals surface area contributed by atoms with Crippen LogP contribution in [0.15, 0.2) is 0 Å². The molecule has 0 radical (unpaired) electrons. The topological polar surface area (TPSA) is 86.7 Å². The van der Waals surface area contributed by atoms with Crippen LogP contribution in [0.5, 0.6) is 0 Å². The second-order valence-electron chi connectivity index (χ2n) is 5.33. The summed E-state index contributed by atoms with van der Waals surface area (Å²) in [6.07, 6.45) is 1.61. The van der Waals surface area contributed by atoms with Crippen molar-refractivity contribution in [3.05, 3.63) is 0 Å². The highest BCUT2D eigenvalue weighted by Crippen LogP contribution is 2.16. The van der Waals surface area contributed by atoms with Crippen LogP contribution in [0, 0.1) is 0 Å². The third-order valence-corrected chi connectivity index (χ3v) is 4.23. The summed E-state index contributed by atoms with van der Waals surface area (Å²) in [6, 6.07) is -0.0260. The molecule has 6 nitrogen and oxygen atoms in total. The van der Waals surface area contributed by atoms with Gasteiger partial charge in [0, 0.05) is 18.8 Å². The number of nitrogens with one attached hydrogen (secondary N) is 1. The number of rotatable bonds is 9. The Morgan fingerprint density at radius 1 is 1.47 bits per heavy atom. The van der Waals surface area contributed by atoms with Gasteiger partial charge < -0.3 is 15.3 Å². The predicted octanol–water partition coefficient (Wildman–Crippen LogP) is 0.194. The van der Waals surface area contributed by atoms with Gasteiger partial charge in [-0.15, -0.1) is 0 Å². The number of carboxylic acid groups (broad SMARTS) is 1. The van der Waals surface area contributed by atoms with Crippen molar-refractivity contribution in [2.24, 2.45) is 0 Å². The van der Waals surface area contributed by atoms with E-state index in [-0.39, 0.29) is 11.8 Å². The lowest BCUT2D eigenvalue weighted by molar-refractivity contribution is -0.145. The van der Waals surface area contributed by atoms with Crippen LogP contribution in [0.3, 0.4) is 0 Å². The summed E-state index contributed by atoms with van der Waals surface area (Å²) < 4.78 is 22.2. The van der Waals surface area contributed by atoms with Gasteiger partial charge in [0.2, 0.25) is 0 Å². The first kappa shape index (κ1) is 18.3. The molecule has 0 saturated heterocycles. The monoisotopic (exact) mass is 294 g/mol. The molecule has 0 saturated carbocycles. The zero-order valence-corrected chi connectivity index (χ0v) is 13.2. The molecule has 0 aliphatic rings. The van der Waals surface area contributed by atoms with Crippen molar-refractivity contribution in [2.45, 2.75) is 38.8 Å². The molecule has 114 valence electrons. The van der Waals surface area contributed by atoms with E-state index in [1.165, 1.54) is 6.26 Å². The van der Waals surface area contributed by atoms with Gasteiger partial charge in [-0.25, -0.2) is 8.42 Å². The van der Waals surface area contributed by atoms with Crippen LogP contribution in [0.1, 0.15) is 27.2 Å². The molecule has 0 amide bonds. The Hall–Kier alpha value is -0.660.